The summed E-state index contributed by atoms with van der Waals surface area (Å²) >= 11 is 2.58. The first-order valence-corrected chi connectivity index (χ1v) is 9.83. The molecule has 0 aliphatic rings. The van der Waals surface area contributed by atoms with Crippen molar-refractivity contribution in [3.63, 3.8) is 0 Å². The lowest BCUT2D eigenvalue weighted by atomic mass is 10.3. The SMILES string of the molecule is CCN(CC)C(=O)C(C)Sc1nnc(Nc2ccc(OC(F)(F)F)cc2)s1. The van der Waals surface area contributed by atoms with Gasteiger partial charge in [-0.05, 0) is 45.0 Å². The molecule has 1 amide bonds. The highest BCUT2D eigenvalue weighted by Crippen LogP contribution is 2.31. The number of carbonyl (C=O) groups is 1. The summed E-state index contributed by atoms with van der Waals surface area (Å²) < 4.78 is 40.9. The molecule has 1 atom stereocenters. The van der Waals surface area contributed by atoms with Gasteiger partial charge in [0.25, 0.3) is 0 Å². The highest BCUT2D eigenvalue weighted by molar-refractivity contribution is 8.02. The van der Waals surface area contributed by atoms with Crippen LogP contribution in [0.4, 0.5) is 24.0 Å². The number of carbonyl (C=O) groups excluding carboxylic acids is 1. The van der Waals surface area contributed by atoms with E-state index in [-0.39, 0.29) is 16.9 Å². The number of rotatable bonds is 8. The van der Waals surface area contributed by atoms with Crippen LogP contribution in [0.1, 0.15) is 20.8 Å². The molecule has 0 saturated carbocycles. The van der Waals surface area contributed by atoms with Crippen LogP contribution in [-0.2, 0) is 4.79 Å². The molecule has 11 heteroatoms. The van der Waals surface area contributed by atoms with Crippen molar-refractivity contribution >= 4 is 39.8 Å². The van der Waals surface area contributed by atoms with Gasteiger partial charge in [0.05, 0.1) is 5.25 Å². The minimum absolute atomic E-state index is 0.0370. The van der Waals surface area contributed by atoms with Crippen molar-refractivity contribution in [1.29, 1.82) is 0 Å². The van der Waals surface area contributed by atoms with Crippen molar-refractivity contribution in [2.24, 2.45) is 0 Å². The van der Waals surface area contributed by atoms with Crippen molar-refractivity contribution in [2.45, 2.75) is 36.7 Å². The molecule has 2 aromatic rings. The minimum atomic E-state index is -4.72. The molecule has 1 unspecified atom stereocenters. The fourth-order valence-electron chi connectivity index (χ4n) is 2.17. The maximum absolute atomic E-state index is 12.3. The predicted octanol–water partition coefficient (Wildman–Crippen LogP) is 4.53. The third kappa shape index (κ3) is 6.58. The van der Waals surface area contributed by atoms with Gasteiger partial charge in [0, 0.05) is 18.8 Å². The summed E-state index contributed by atoms with van der Waals surface area (Å²) in [5.41, 5.74) is 0.546. The molecule has 148 valence electrons. The van der Waals surface area contributed by atoms with Gasteiger partial charge < -0.3 is 15.0 Å². The first-order valence-electron chi connectivity index (χ1n) is 8.13. The summed E-state index contributed by atoms with van der Waals surface area (Å²) in [7, 11) is 0. The van der Waals surface area contributed by atoms with Gasteiger partial charge in [-0.15, -0.1) is 23.4 Å². The number of hydrogen-bond acceptors (Lipinski definition) is 7. The molecule has 6 nitrogen and oxygen atoms in total. The first-order chi connectivity index (χ1) is 12.7. The molecular formula is C16H19F3N4O2S2. The number of ether oxygens (including phenoxy) is 1. The molecule has 1 aromatic heterocycles. The highest BCUT2D eigenvalue weighted by atomic mass is 32.2. The highest BCUT2D eigenvalue weighted by Gasteiger charge is 2.31. The summed E-state index contributed by atoms with van der Waals surface area (Å²) in [5.74, 6) is -0.264. The molecule has 0 bridgehead atoms. The number of anilines is 2. The Balaban J connectivity index is 1.95. The van der Waals surface area contributed by atoms with Crippen molar-refractivity contribution in [3.05, 3.63) is 24.3 Å². The Morgan fingerprint density at radius 3 is 2.44 bits per heavy atom. The van der Waals surface area contributed by atoms with Crippen LogP contribution >= 0.6 is 23.1 Å². The molecule has 0 aliphatic heterocycles. The Hall–Kier alpha value is -2.01. The zero-order valence-corrected chi connectivity index (χ0v) is 16.5. The van der Waals surface area contributed by atoms with Crippen LogP contribution in [0.2, 0.25) is 0 Å². The van der Waals surface area contributed by atoms with Crippen LogP contribution < -0.4 is 10.1 Å². The molecule has 2 rings (SSSR count). The van der Waals surface area contributed by atoms with Gasteiger partial charge in [-0.2, -0.15) is 0 Å². The molecule has 0 aliphatic carbocycles. The van der Waals surface area contributed by atoms with E-state index < -0.39 is 6.36 Å². The number of halogens is 3. The van der Waals surface area contributed by atoms with E-state index in [9.17, 15) is 18.0 Å². The first kappa shape index (κ1) is 21.3. The number of aromatic nitrogens is 2. The van der Waals surface area contributed by atoms with Crippen LogP contribution in [0.25, 0.3) is 0 Å². The van der Waals surface area contributed by atoms with E-state index in [1.807, 2.05) is 20.8 Å². The molecule has 0 saturated heterocycles. The van der Waals surface area contributed by atoms with E-state index in [1.54, 1.807) is 4.90 Å². The van der Waals surface area contributed by atoms with Crippen molar-refractivity contribution in [2.75, 3.05) is 18.4 Å². The number of thioether (sulfide) groups is 1. The Labute approximate surface area is 163 Å². The molecular weight excluding hydrogens is 401 g/mol. The summed E-state index contributed by atoms with van der Waals surface area (Å²) in [6.07, 6.45) is -4.72. The van der Waals surface area contributed by atoms with Gasteiger partial charge >= 0.3 is 6.36 Å². The Morgan fingerprint density at radius 2 is 1.89 bits per heavy atom. The van der Waals surface area contributed by atoms with Crippen LogP contribution in [0.3, 0.4) is 0 Å². The number of hydrogen-bond donors (Lipinski definition) is 1. The second-order valence-corrected chi connectivity index (χ2v) is 7.91. The topological polar surface area (TPSA) is 67.4 Å². The third-order valence-electron chi connectivity index (χ3n) is 3.45. The van der Waals surface area contributed by atoms with E-state index in [0.717, 1.165) is 0 Å². The summed E-state index contributed by atoms with van der Waals surface area (Å²) in [6.45, 7) is 6.97. The van der Waals surface area contributed by atoms with Crippen LogP contribution in [-0.4, -0.2) is 45.7 Å². The number of nitrogens with one attached hydrogen (secondary N) is 1. The van der Waals surface area contributed by atoms with Crippen molar-refractivity contribution < 1.29 is 22.7 Å². The summed E-state index contributed by atoms with van der Waals surface area (Å²) in [6, 6.07) is 5.30. The Morgan fingerprint density at radius 1 is 1.26 bits per heavy atom. The maximum atomic E-state index is 12.3. The quantitative estimate of drug-likeness (QED) is 0.633. The third-order valence-corrected chi connectivity index (χ3v) is 5.46. The van der Waals surface area contributed by atoms with E-state index >= 15 is 0 Å². The number of alkyl halides is 3. The lowest BCUT2D eigenvalue weighted by Crippen LogP contribution is -2.36. The number of benzene rings is 1. The standard InChI is InChI=1S/C16H19F3N4O2S2/c1-4-23(5-2)13(24)10(3)26-15-22-21-14(27-15)20-11-6-8-12(9-7-11)25-16(17,18)19/h6-10H,4-5H2,1-3H3,(H,20,21). The van der Waals surface area contributed by atoms with Gasteiger partial charge in [0.1, 0.15) is 5.75 Å². The smallest absolute Gasteiger partial charge is 0.406 e. The minimum Gasteiger partial charge on any atom is -0.406 e. The van der Waals surface area contributed by atoms with Crippen LogP contribution in [0, 0.1) is 0 Å². The Kier molecular flexibility index (Phi) is 7.31. The van der Waals surface area contributed by atoms with E-state index in [1.165, 1.54) is 47.4 Å². The number of nitrogens with zero attached hydrogens (tertiary/aromatic N) is 3. The largest absolute Gasteiger partial charge is 0.573 e. The fraction of sp³-hybridized carbons (Fsp3) is 0.438. The average molecular weight is 420 g/mol. The zero-order valence-electron chi connectivity index (χ0n) is 14.9. The molecule has 0 radical (unpaired) electrons. The van der Waals surface area contributed by atoms with Crippen molar-refractivity contribution in [1.82, 2.24) is 15.1 Å². The van der Waals surface area contributed by atoms with E-state index in [0.29, 0.717) is 28.2 Å². The molecule has 0 fully saturated rings. The normalized spacial score (nSPS) is 12.5. The number of amides is 1. The Bertz CT molecular complexity index is 749. The molecule has 27 heavy (non-hydrogen) atoms. The molecule has 0 spiro atoms. The van der Waals surface area contributed by atoms with Crippen LogP contribution in [0.5, 0.6) is 5.75 Å². The second kappa shape index (κ2) is 9.27. The summed E-state index contributed by atoms with van der Waals surface area (Å²) in [4.78, 5) is 14.0. The van der Waals surface area contributed by atoms with Gasteiger partial charge in [0.15, 0.2) is 4.34 Å². The lowest BCUT2D eigenvalue weighted by Gasteiger charge is -2.21. The van der Waals surface area contributed by atoms with Gasteiger partial charge in [-0.3, -0.25) is 4.79 Å². The molecule has 1 heterocycles. The van der Waals surface area contributed by atoms with Crippen LogP contribution in [0.15, 0.2) is 28.6 Å². The van der Waals surface area contributed by atoms with Gasteiger partial charge in [0.2, 0.25) is 11.0 Å². The predicted molar refractivity (Wildman–Crippen MR) is 99.6 cm³/mol. The fourth-order valence-corrected chi connectivity index (χ4v) is 4.17. The summed E-state index contributed by atoms with van der Waals surface area (Å²) in [5, 5.41) is 11.2. The lowest BCUT2D eigenvalue weighted by molar-refractivity contribution is -0.274. The molecule has 1 N–H and O–H groups in total. The van der Waals surface area contributed by atoms with Gasteiger partial charge in [-0.1, -0.05) is 23.1 Å². The van der Waals surface area contributed by atoms with E-state index in [2.05, 4.69) is 20.3 Å². The van der Waals surface area contributed by atoms with Crippen molar-refractivity contribution in [3.8, 4) is 5.75 Å². The van der Waals surface area contributed by atoms with Gasteiger partial charge in [-0.25, -0.2) is 0 Å². The monoisotopic (exact) mass is 420 g/mol. The molecule has 1 aromatic carbocycles. The zero-order chi connectivity index (χ0) is 20.0. The maximum Gasteiger partial charge on any atom is 0.573 e. The second-order valence-electron chi connectivity index (χ2n) is 5.34. The van der Waals surface area contributed by atoms with E-state index in [4.69, 9.17) is 0 Å². The average Bonchev–Trinajstić information content (AvgIpc) is 3.03.